The normalized spacial score (nSPS) is 16.2. The molecule has 0 bridgehead atoms. The lowest BCUT2D eigenvalue weighted by atomic mass is 10.1. The zero-order valence-electron chi connectivity index (χ0n) is 16.4. The highest BCUT2D eigenvalue weighted by molar-refractivity contribution is 5.99. The van der Waals surface area contributed by atoms with Gasteiger partial charge in [0.25, 0.3) is 5.91 Å². The lowest BCUT2D eigenvalue weighted by molar-refractivity contribution is -0.936. The van der Waals surface area contributed by atoms with Crippen LogP contribution >= 0.6 is 0 Å². The van der Waals surface area contributed by atoms with Gasteiger partial charge in [-0.2, -0.15) is 0 Å². The van der Waals surface area contributed by atoms with Gasteiger partial charge in [0.15, 0.2) is 17.6 Å². The van der Waals surface area contributed by atoms with Crippen LogP contribution < -0.4 is 15.0 Å². The van der Waals surface area contributed by atoms with Gasteiger partial charge in [0.05, 0.1) is 33.0 Å². The Labute approximate surface area is 164 Å². The lowest BCUT2D eigenvalue weighted by Crippen LogP contribution is -3.13. The summed E-state index contributed by atoms with van der Waals surface area (Å²) in [6.45, 7) is 4.62. The summed E-state index contributed by atoms with van der Waals surface area (Å²) in [6, 6.07) is 9.58. The van der Waals surface area contributed by atoms with Gasteiger partial charge in [-0.3, -0.25) is 4.79 Å². The summed E-state index contributed by atoms with van der Waals surface area (Å²) in [5.74, 6) is 1.83. The highest BCUT2D eigenvalue weighted by Gasteiger charge is 2.29. The largest absolute Gasteiger partial charge is 0.497 e. The molecule has 2 N–H and O–H groups in total. The highest BCUT2D eigenvalue weighted by Crippen LogP contribution is 2.28. The highest BCUT2D eigenvalue weighted by atomic mass is 16.5. The number of aryl methyl sites for hydroxylation is 1. The van der Waals surface area contributed by atoms with E-state index in [1.165, 1.54) is 24.2 Å². The molecular weight excluding hydrogens is 356 g/mol. The SMILES string of the molecule is COc1ccc2oc(C(=O)NC[C@H](c3ccco3)[NH+]3CCCCC3)c(C)c2c1. The zero-order valence-corrected chi connectivity index (χ0v) is 16.4. The van der Waals surface area contributed by atoms with E-state index < -0.39 is 0 Å². The Hall–Kier alpha value is -2.73. The van der Waals surface area contributed by atoms with Crippen molar-refractivity contribution >= 4 is 16.9 Å². The van der Waals surface area contributed by atoms with Crippen molar-refractivity contribution in [2.75, 3.05) is 26.7 Å². The van der Waals surface area contributed by atoms with E-state index in [0.717, 1.165) is 35.5 Å². The molecule has 0 radical (unpaired) electrons. The molecule has 3 aromatic rings. The summed E-state index contributed by atoms with van der Waals surface area (Å²) in [6.07, 6.45) is 5.41. The van der Waals surface area contributed by atoms with Gasteiger partial charge in [-0.25, -0.2) is 0 Å². The van der Waals surface area contributed by atoms with Crippen LogP contribution in [-0.4, -0.2) is 32.7 Å². The minimum atomic E-state index is -0.194. The van der Waals surface area contributed by atoms with Crippen molar-refractivity contribution in [2.45, 2.75) is 32.2 Å². The monoisotopic (exact) mass is 383 g/mol. The van der Waals surface area contributed by atoms with Gasteiger partial charge < -0.3 is 23.8 Å². The zero-order chi connectivity index (χ0) is 19.5. The maximum atomic E-state index is 12.9. The first kappa shape index (κ1) is 18.6. The van der Waals surface area contributed by atoms with Gasteiger partial charge in [0.1, 0.15) is 11.3 Å². The van der Waals surface area contributed by atoms with Crippen LogP contribution in [0.25, 0.3) is 11.0 Å². The summed E-state index contributed by atoms with van der Waals surface area (Å²) in [5.41, 5.74) is 1.51. The second-order valence-corrected chi connectivity index (χ2v) is 7.42. The van der Waals surface area contributed by atoms with Crippen molar-refractivity contribution in [3.05, 3.63) is 53.7 Å². The van der Waals surface area contributed by atoms with E-state index in [2.05, 4.69) is 5.32 Å². The van der Waals surface area contributed by atoms with Crippen molar-refractivity contribution < 1.29 is 23.3 Å². The molecule has 1 saturated heterocycles. The predicted molar refractivity (Wildman–Crippen MR) is 106 cm³/mol. The number of ether oxygens (including phenoxy) is 1. The molecule has 1 aliphatic heterocycles. The van der Waals surface area contributed by atoms with E-state index >= 15 is 0 Å². The van der Waals surface area contributed by atoms with Crippen LogP contribution in [0.4, 0.5) is 0 Å². The van der Waals surface area contributed by atoms with E-state index in [4.69, 9.17) is 13.6 Å². The van der Waals surface area contributed by atoms with Crippen molar-refractivity contribution in [3.63, 3.8) is 0 Å². The van der Waals surface area contributed by atoms with E-state index in [1.54, 1.807) is 13.4 Å². The Kier molecular flexibility index (Phi) is 5.39. The van der Waals surface area contributed by atoms with Gasteiger partial charge in [-0.05, 0) is 56.5 Å². The molecule has 6 nitrogen and oxygen atoms in total. The molecule has 0 saturated carbocycles. The van der Waals surface area contributed by atoms with Crippen molar-refractivity contribution in [1.82, 2.24) is 5.32 Å². The molecular formula is C22H27N2O4+. The molecule has 0 unspecified atom stereocenters. The Balaban J connectivity index is 1.52. The van der Waals surface area contributed by atoms with Gasteiger partial charge in [-0.15, -0.1) is 0 Å². The number of carbonyl (C=O) groups excluding carboxylic acids is 1. The average Bonchev–Trinajstić information content (AvgIpc) is 3.37. The number of methoxy groups -OCH3 is 1. The number of rotatable bonds is 6. The maximum Gasteiger partial charge on any atom is 0.287 e. The van der Waals surface area contributed by atoms with Crippen molar-refractivity contribution in [1.29, 1.82) is 0 Å². The summed E-state index contributed by atoms with van der Waals surface area (Å²) in [7, 11) is 1.63. The topological polar surface area (TPSA) is 69.0 Å². The second-order valence-electron chi connectivity index (χ2n) is 7.42. The smallest absolute Gasteiger partial charge is 0.287 e. The van der Waals surface area contributed by atoms with Gasteiger partial charge in [0, 0.05) is 10.9 Å². The second kappa shape index (κ2) is 8.10. The molecule has 1 amide bonds. The van der Waals surface area contributed by atoms with Crippen molar-refractivity contribution in [2.24, 2.45) is 0 Å². The van der Waals surface area contributed by atoms with Crippen molar-refractivity contribution in [3.8, 4) is 5.75 Å². The average molecular weight is 383 g/mol. The summed E-state index contributed by atoms with van der Waals surface area (Å²) in [5, 5.41) is 3.97. The number of quaternary nitrogens is 1. The number of carbonyl (C=O) groups is 1. The van der Waals surface area contributed by atoms with E-state index in [9.17, 15) is 4.79 Å². The van der Waals surface area contributed by atoms with Crippen LogP contribution in [0.1, 0.15) is 47.2 Å². The molecule has 148 valence electrons. The summed E-state index contributed by atoms with van der Waals surface area (Å²) >= 11 is 0. The molecule has 0 spiro atoms. The first-order valence-electron chi connectivity index (χ1n) is 9.90. The van der Waals surface area contributed by atoms with E-state index in [-0.39, 0.29) is 11.9 Å². The van der Waals surface area contributed by atoms with Gasteiger partial charge in [-0.1, -0.05) is 0 Å². The third kappa shape index (κ3) is 3.64. The van der Waals surface area contributed by atoms with Crippen LogP contribution in [-0.2, 0) is 0 Å². The Morgan fingerprint density at radius 1 is 1.25 bits per heavy atom. The number of amides is 1. The summed E-state index contributed by atoms with van der Waals surface area (Å²) < 4.78 is 16.8. The molecule has 4 rings (SSSR count). The molecule has 6 heteroatoms. The van der Waals surface area contributed by atoms with Crippen LogP contribution in [0.5, 0.6) is 5.75 Å². The molecule has 28 heavy (non-hydrogen) atoms. The number of hydrogen-bond acceptors (Lipinski definition) is 4. The fourth-order valence-corrected chi connectivity index (χ4v) is 4.11. The molecule has 1 atom stereocenters. The number of nitrogens with one attached hydrogen (secondary N) is 2. The van der Waals surface area contributed by atoms with E-state index in [0.29, 0.717) is 17.9 Å². The van der Waals surface area contributed by atoms with E-state index in [1.807, 2.05) is 37.3 Å². The molecule has 1 aromatic carbocycles. The minimum Gasteiger partial charge on any atom is -0.497 e. The quantitative estimate of drug-likeness (QED) is 0.687. The Morgan fingerprint density at radius 2 is 2.07 bits per heavy atom. The van der Waals surface area contributed by atoms with Crippen LogP contribution in [0, 0.1) is 6.92 Å². The Bertz CT molecular complexity index is 939. The van der Waals surface area contributed by atoms with Crippen LogP contribution in [0.3, 0.4) is 0 Å². The number of benzene rings is 1. The molecule has 1 aliphatic rings. The van der Waals surface area contributed by atoms with Crippen LogP contribution in [0.15, 0.2) is 45.4 Å². The predicted octanol–water partition coefficient (Wildman–Crippen LogP) is 2.88. The molecule has 1 fully saturated rings. The fourth-order valence-electron chi connectivity index (χ4n) is 4.11. The number of fused-ring (bicyclic) bond motifs is 1. The molecule has 2 aromatic heterocycles. The number of piperidine rings is 1. The standard InChI is InChI=1S/C22H26N2O4/c1-15-17-13-16(26-2)8-9-19(17)28-21(15)22(25)23-14-18(20-7-6-12-27-20)24-10-4-3-5-11-24/h6-9,12-13,18H,3-5,10-11,14H2,1-2H3,(H,23,25)/p+1/t18-/m1/s1. The first-order valence-corrected chi connectivity index (χ1v) is 9.90. The number of hydrogen-bond donors (Lipinski definition) is 2. The number of furan rings is 2. The summed E-state index contributed by atoms with van der Waals surface area (Å²) in [4.78, 5) is 14.3. The maximum absolute atomic E-state index is 12.9. The third-order valence-corrected chi connectivity index (χ3v) is 5.69. The third-order valence-electron chi connectivity index (χ3n) is 5.69. The van der Waals surface area contributed by atoms with Crippen LogP contribution in [0.2, 0.25) is 0 Å². The van der Waals surface area contributed by atoms with Gasteiger partial charge >= 0.3 is 0 Å². The Morgan fingerprint density at radius 3 is 2.79 bits per heavy atom. The first-order chi connectivity index (χ1) is 13.7. The lowest BCUT2D eigenvalue weighted by Gasteiger charge is -2.30. The van der Waals surface area contributed by atoms with Gasteiger partial charge in [0.2, 0.25) is 0 Å². The number of likely N-dealkylation sites (tertiary alicyclic amines) is 1. The molecule has 0 aliphatic carbocycles. The molecule has 3 heterocycles. The fraction of sp³-hybridized carbons (Fsp3) is 0.409. The minimum absolute atomic E-state index is 0.115.